The molecular formula is C14H29N3O2. The summed E-state index contributed by atoms with van der Waals surface area (Å²) < 4.78 is 0. The fourth-order valence-corrected chi connectivity index (χ4v) is 1.86. The van der Waals surface area contributed by atoms with Gasteiger partial charge in [0.1, 0.15) is 6.04 Å². The molecule has 5 heteroatoms. The van der Waals surface area contributed by atoms with Crippen molar-refractivity contribution in [2.75, 3.05) is 14.1 Å². The molecule has 0 aliphatic heterocycles. The minimum Gasteiger partial charge on any atom is -0.347 e. The molecule has 0 spiro atoms. The van der Waals surface area contributed by atoms with Crippen LogP contribution in [-0.4, -0.2) is 42.9 Å². The Morgan fingerprint density at radius 3 is 2.21 bits per heavy atom. The zero-order chi connectivity index (χ0) is 15.0. The van der Waals surface area contributed by atoms with E-state index in [1.807, 2.05) is 20.8 Å². The normalized spacial score (nSPS) is 14.1. The first-order valence-corrected chi connectivity index (χ1v) is 7.00. The van der Waals surface area contributed by atoms with Crippen LogP contribution in [0.15, 0.2) is 0 Å². The number of nitrogens with two attached hydrogens (primary N) is 1. The monoisotopic (exact) mass is 271 g/mol. The zero-order valence-corrected chi connectivity index (χ0v) is 12.9. The van der Waals surface area contributed by atoms with Crippen LogP contribution in [0.5, 0.6) is 0 Å². The van der Waals surface area contributed by atoms with Gasteiger partial charge in [-0.25, -0.2) is 0 Å². The molecule has 0 saturated carbocycles. The third kappa shape index (κ3) is 8.59. The molecule has 5 nitrogen and oxygen atoms in total. The van der Waals surface area contributed by atoms with Crippen molar-refractivity contribution < 1.29 is 9.59 Å². The summed E-state index contributed by atoms with van der Waals surface area (Å²) in [4.78, 5) is 25.3. The predicted molar refractivity (Wildman–Crippen MR) is 77.6 cm³/mol. The average molecular weight is 271 g/mol. The van der Waals surface area contributed by atoms with Crippen LogP contribution in [0.25, 0.3) is 0 Å². The van der Waals surface area contributed by atoms with Gasteiger partial charge in [-0.15, -0.1) is 0 Å². The number of amides is 2. The van der Waals surface area contributed by atoms with Crippen LogP contribution in [0.3, 0.4) is 0 Å². The highest BCUT2D eigenvalue weighted by atomic mass is 16.2. The van der Waals surface area contributed by atoms with E-state index >= 15 is 0 Å². The standard InChI is InChI=1S/C14H29N3O2/c1-10(2)9-12(14(19)17(4)5)16-13(18)8-6-7-11(3)15/h10-12H,6-9,15H2,1-5H3,(H,16,18). The molecule has 0 saturated heterocycles. The molecule has 0 heterocycles. The van der Waals surface area contributed by atoms with Crippen molar-refractivity contribution in [2.45, 2.75) is 58.5 Å². The van der Waals surface area contributed by atoms with Gasteiger partial charge in [-0.1, -0.05) is 13.8 Å². The second kappa shape index (κ2) is 8.91. The Bertz CT molecular complexity index is 288. The van der Waals surface area contributed by atoms with Crippen LogP contribution in [0.1, 0.15) is 46.5 Å². The number of nitrogens with one attached hydrogen (secondary N) is 1. The lowest BCUT2D eigenvalue weighted by Crippen LogP contribution is -2.46. The SMILES string of the molecule is CC(C)CC(NC(=O)CCCC(C)N)C(=O)N(C)C. The first-order valence-electron chi connectivity index (χ1n) is 7.00. The summed E-state index contributed by atoms with van der Waals surface area (Å²) in [6.45, 7) is 6.01. The summed E-state index contributed by atoms with van der Waals surface area (Å²) in [6, 6.07) is -0.305. The van der Waals surface area contributed by atoms with Gasteiger partial charge in [-0.2, -0.15) is 0 Å². The number of hydrogen-bond acceptors (Lipinski definition) is 3. The quantitative estimate of drug-likeness (QED) is 0.694. The lowest BCUT2D eigenvalue weighted by molar-refractivity contribution is -0.134. The Balaban J connectivity index is 4.31. The van der Waals surface area contributed by atoms with Gasteiger partial charge in [0, 0.05) is 26.6 Å². The predicted octanol–water partition coefficient (Wildman–Crippen LogP) is 1.12. The van der Waals surface area contributed by atoms with Crippen LogP contribution in [0.2, 0.25) is 0 Å². The summed E-state index contributed by atoms with van der Waals surface area (Å²) in [5.41, 5.74) is 5.64. The Morgan fingerprint density at radius 2 is 1.79 bits per heavy atom. The van der Waals surface area contributed by atoms with Gasteiger partial charge in [0.25, 0.3) is 0 Å². The third-order valence-corrected chi connectivity index (χ3v) is 2.84. The largest absolute Gasteiger partial charge is 0.347 e. The van der Waals surface area contributed by atoms with Gasteiger partial charge in [0.2, 0.25) is 11.8 Å². The van der Waals surface area contributed by atoms with Crippen LogP contribution in [0, 0.1) is 5.92 Å². The molecule has 2 unspecified atom stereocenters. The fraction of sp³-hybridized carbons (Fsp3) is 0.857. The lowest BCUT2D eigenvalue weighted by atomic mass is 10.0. The summed E-state index contributed by atoms with van der Waals surface area (Å²) in [6.07, 6.45) is 2.67. The smallest absolute Gasteiger partial charge is 0.244 e. The van der Waals surface area contributed by atoms with E-state index in [-0.39, 0.29) is 17.9 Å². The molecule has 19 heavy (non-hydrogen) atoms. The highest BCUT2D eigenvalue weighted by molar-refractivity contribution is 5.87. The second-order valence-electron chi connectivity index (χ2n) is 5.85. The number of likely N-dealkylation sites (N-methyl/N-ethyl adjacent to an activating group) is 1. The molecule has 0 rings (SSSR count). The van der Waals surface area contributed by atoms with Crippen molar-refractivity contribution in [1.29, 1.82) is 0 Å². The van der Waals surface area contributed by atoms with Crippen molar-refractivity contribution in [3.8, 4) is 0 Å². The molecule has 0 fully saturated rings. The van der Waals surface area contributed by atoms with E-state index < -0.39 is 6.04 Å². The lowest BCUT2D eigenvalue weighted by Gasteiger charge is -2.23. The molecule has 2 amide bonds. The van der Waals surface area contributed by atoms with E-state index in [4.69, 9.17) is 5.73 Å². The minimum atomic E-state index is -0.419. The molecule has 0 aromatic rings. The van der Waals surface area contributed by atoms with Crippen molar-refractivity contribution in [3.63, 3.8) is 0 Å². The van der Waals surface area contributed by atoms with Gasteiger partial charge in [-0.3, -0.25) is 9.59 Å². The van der Waals surface area contributed by atoms with Crippen molar-refractivity contribution >= 4 is 11.8 Å². The van der Waals surface area contributed by atoms with Crippen LogP contribution in [-0.2, 0) is 9.59 Å². The molecule has 3 N–H and O–H groups in total. The average Bonchev–Trinajstić information content (AvgIpc) is 2.25. The Hall–Kier alpha value is -1.10. The number of hydrogen-bond donors (Lipinski definition) is 2. The Labute approximate surface area is 116 Å². The van der Waals surface area contributed by atoms with Crippen LogP contribution < -0.4 is 11.1 Å². The highest BCUT2D eigenvalue weighted by Crippen LogP contribution is 2.08. The maximum absolute atomic E-state index is 12.0. The maximum Gasteiger partial charge on any atom is 0.244 e. The fourth-order valence-electron chi connectivity index (χ4n) is 1.86. The number of rotatable bonds is 8. The summed E-state index contributed by atoms with van der Waals surface area (Å²) >= 11 is 0. The van der Waals surface area contributed by atoms with Crippen molar-refractivity contribution in [1.82, 2.24) is 10.2 Å². The first-order chi connectivity index (χ1) is 8.73. The molecule has 2 atom stereocenters. The van der Waals surface area contributed by atoms with Gasteiger partial charge in [0.15, 0.2) is 0 Å². The number of carbonyl (C=O) groups is 2. The van der Waals surface area contributed by atoms with Gasteiger partial charge in [-0.05, 0) is 32.1 Å². The molecule has 0 aliphatic rings. The van der Waals surface area contributed by atoms with Crippen molar-refractivity contribution in [2.24, 2.45) is 11.7 Å². The summed E-state index contributed by atoms with van der Waals surface area (Å²) in [7, 11) is 3.41. The van der Waals surface area contributed by atoms with Gasteiger partial charge >= 0.3 is 0 Å². The number of carbonyl (C=O) groups excluding carboxylic acids is 2. The Morgan fingerprint density at radius 1 is 1.21 bits per heavy atom. The van der Waals surface area contributed by atoms with Gasteiger partial charge in [0.05, 0.1) is 0 Å². The Kier molecular flexibility index (Phi) is 8.39. The van der Waals surface area contributed by atoms with Gasteiger partial charge < -0.3 is 16.0 Å². The van der Waals surface area contributed by atoms with E-state index in [1.165, 1.54) is 4.90 Å². The topological polar surface area (TPSA) is 75.4 Å². The molecular weight excluding hydrogens is 242 g/mol. The molecule has 0 radical (unpaired) electrons. The van der Waals surface area contributed by atoms with Crippen molar-refractivity contribution in [3.05, 3.63) is 0 Å². The molecule has 0 bridgehead atoms. The van der Waals surface area contributed by atoms with E-state index in [0.29, 0.717) is 18.8 Å². The van der Waals surface area contributed by atoms with E-state index in [1.54, 1.807) is 14.1 Å². The summed E-state index contributed by atoms with van der Waals surface area (Å²) in [5, 5.41) is 2.83. The van der Waals surface area contributed by atoms with Crippen LogP contribution in [0.4, 0.5) is 0 Å². The molecule has 0 aromatic heterocycles. The maximum atomic E-state index is 12.0. The van der Waals surface area contributed by atoms with E-state index in [9.17, 15) is 9.59 Å². The molecule has 0 aliphatic carbocycles. The van der Waals surface area contributed by atoms with Crippen LogP contribution >= 0.6 is 0 Å². The molecule has 0 aromatic carbocycles. The first kappa shape index (κ1) is 17.9. The zero-order valence-electron chi connectivity index (χ0n) is 12.9. The third-order valence-electron chi connectivity index (χ3n) is 2.84. The van der Waals surface area contributed by atoms with E-state index in [0.717, 1.165) is 12.8 Å². The molecule has 112 valence electrons. The minimum absolute atomic E-state index is 0.0470. The second-order valence-corrected chi connectivity index (χ2v) is 5.85. The number of nitrogens with zero attached hydrogens (tertiary/aromatic N) is 1. The van der Waals surface area contributed by atoms with E-state index in [2.05, 4.69) is 5.32 Å². The summed E-state index contributed by atoms with van der Waals surface area (Å²) in [5.74, 6) is 0.244. The highest BCUT2D eigenvalue weighted by Gasteiger charge is 2.22.